The zero-order chi connectivity index (χ0) is 24.3. The van der Waals surface area contributed by atoms with E-state index >= 15 is 0 Å². The second-order valence-electron chi connectivity index (χ2n) is 7.30. The van der Waals surface area contributed by atoms with E-state index in [0.717, 1.165) is 22.2 Å². The van der Waals surface area contributed by atoms with Gasteiger partial charge in [0.2, 0.25) is 12.1 Å². The predicted octanol–water partition coefficient (Wildman–Crippen LogP) is 2.42. The number of para-hydroxylation sites is 1. The zero-order valence-electron chi connectivity index (χ0n) is 19.3. The van der Waals surface area contributed by atoms with Crippen LogP contribution in [-0.4, -0.2) is 42.3 Å². The molecule has 10 heteroatoms. The molecule has 9 nitrogen and oxygen atoms in total. The first-order chi connectivity index (χ1) is 16.5. The molecule has 0 fully saturated rings. The van der Waals surface area contributed by atoms with Gasteiger partial charge < -0.3 is 10.1 Å². The number of aryl methyl sites for hydroxylation is 1. The average molecular weight is 483 g/mol. The molecule has 0 aliphatic rings. The van der Waals surface area contributed by atoms with Gasteiger partial charge in [-0.15, -0.1) is 11.8 Å². The van der Waals surface area contributed by atoms with Gasteiger partial charge in [-0.1, -0.05) is 18.2 Å². The molecule has 3 aromatic rings. The summed E-state index contributed by atoms with van der Waals surface area (Å²) in [7, 11) is 1.55. The molecule has 34 heavy (non-hydrogen) atoms. The van der Waals surface area contributed by atoms with Crippen molar-refractivity contribution in [2.45, 2.75) is 20.0 Å². The Morgan fingerprint density at radius 2 is 2.06 bits per heavy atom. The molecule has 0 aliphatic heterocycles. The van der Waals surface area contributed by atoms with E-state index in [9.17, 15) is 9.59 Å². The van der Waals surface area contributed by atoms with Crippen LogP contribution < -0.4 is 21.0 Å². The van der Waals surface area contributed by atoms with Gasteiger partial charge in [-0.2, -0.15) is 10.6 Å². The fraction of sp³-hybridized carbons (Fsp3) is 0.250. The highest BCUT2D eigenvalue weighted by molar-refractivity contribution is 8.13. The van der Waals surface area contributed by atoms with E-state index in [0.29, 0.717) is 48.0 Å². The summed E-state index contributed by atoms with van der Waals surface area (Å²) < 4.78 is 6.11. The highest BCUT2D eigenvalue weighted by atomic mass is 32.2. The first-order valence-electron chi connectivity index (χ1n) is 10.6. The van der Waals surface area contributed by atoms with Crippen molar-refractivity contribution in [1.82, 2.24) is 15.7 Å². The molecule has 3 rings (SSSR count). The lowest BCUT2D eigenvalue weighted by Gasteiger charge is -2.12. The lowest BCUT2D eigenvalue weighted by atomic mass is 10.1. The third kappa shape index (κ3) is 6.77. The largest absolute Gasteiger partial charge is 0.483 e. The van der Waals surface area contributed by atoms with Gasteiger partial charge in [0, 0.05) is 41.2 Å². The first kappa shape index (κ1) is 25.2. The number of nitrogens with two attached hydrogens (primary N) is 1. The SMILES string of the molecule is CO[NH2+]c1cc(C(=O)NCC/C(=N/NC=O)SC)ccc1OCc1cc(C)nc2ccccc12. The molecule has 0 saturated heterocycles. The first-order valence-corrected chi connectivity index (χ1v) is 11.8. The number of ether oxygens (including phenoxy) is 1. The number of hydrogen-bond acceptors (Lipinski definition) is 7. The molecule has 0 bridgehead atoms. The van der Waals surface area contributed by atoms with E-state index in [4.69, 9.17) is 9.57 Å². The summed E-state index contributed by atoms with van der Waals surface area (Å²) in [6, 6.07) is 15.2. The number of thioether (sulfide) groups is 1. The maximum absolute atomic E-state index is 12.6. The number of pyridine rings is 1. The fourth-order valence-electron chi connectivity index (χ4n) is 3.40. The number of quaternary nitrogens is 1. The molecule has 0 aliphatic carbocycles. The van der Waals surface area contributed by atoms with Crippen LogP contribution in [0.3, 0.4) is 0 Å². The van der Waals surface area contributed by atoms with E-state index in [1.165, 1.54) is 11.8 Å². The molecule has 0 unspecified atom stereocenters. The van der Waals surface area contributed by atoms with E-state index < -0.39 is 0 Å². The van der Waals surface area contributed by atoms with Gasteiger partial charge in [-0.3, -0.25) is 14.6 Å². The third-order valence-corrected chi connectivity index (χ3v) is 5.70. The van der Waals surface area contributed by atoms with Gasteiger partial charge in [0.1, 0.15) is 6.61 Å². The summed E-state index contributed by atoms with van der Waals surface area (Å²) in [6.45, 7) is 2.70. The van der Waals surface area contributed by atoms with Crippen molar-refractivity contribution in [3.63, 3.8) is 0 Å². The molecule has 2 aromatic carbocycles. The Bertz CT molecular complexity index is 1190. The van der Waals surface area contributed by atoms with Crippen LogP contribution in [0.4, 0.5) is 5.69 Å². The lowest BCUT2D eigenvalue weighted by Crippen LogP contribution is -2.76. The van der Waals surface area contributed by atoms with Crippen molar-refractivity contribution in [2.75, 3.05) is 19.9 Å². The van der Waals surface area contributed by atoms with E-state index in [-0.39, 0.29) is 5.91 Å². The summed E-state index contributed by atoms with van der Waals surface area (Å²) >= 11 is 1.41. The second kappa shape index (κ2) is 12.7. The van der Waals surface area contributed by atoms with E-state index in [1.807, 2.05) is 43.5 Å². The van der Waals surface area contributed by atoms with Crippen LogP contribution in [0.5, 0.6) is 5.75 Å². The predicted molar refractivity (Wildman–Crippen MR) is 133 cm³/mol. The number of rotatable bonds is 11. The minimum absolute atomic E-state index is 0.225. The maximum Gasteiger partial charge on any atom is 0.251 e. The fourth-order valence-corrected chi connectivity index (χ4v) is 3.85. The molecule has 0 atom stereocenters. The van der Waals surface area contributed by atoms with Crippen molar-refractivity contribution in [3.05, 3.63) is 65.4 Å². The van der Waals surface area contributed by atoms with Crippen LogP contribution in [0.25, 0.3) is 10.9 Å². The summed E-state index contributed by atoms with van der Waals surface area (Å²) in [5, 5.41) is 8.53. The Kier molecular flexibility index (Phi) is 9.39. The average Bonchev–Trinajstić information content (AvgIpc) is 2.85. The van der Waals surface area contributed by atoms with Gasteiger partial charge in [0.15, 0.2) is 5.75 Å². The van der Waals surface area contributed by atoms with Crippen LogP contribution in [0.2, 0.25) is 0 Å². The topological polar surface area (TPSA) is 119 Å². The summed E-state index contributed by atoms with van der Waals surface area (Å²) in [6.07, 6.45) is 2.87. The number of amides is 2. The quantitative estimate of drug-likeness (QED) is 0.127. The van der Waals surface area contributed by atoms with Crippen LogP contribution in [0, 0.1) is 6.92 Å². The molecule has 4 N–H and O–H groups in total. The molecule has 1 aromatic heterocycles. The highest BCUT2D eigenvalue weighted by Crippen LogP contribution is 2.25. The normalized spacial score (nSPS) is 11.3. The summed E-state index contributed by atoms with van der Waals surface area (Å²) in [5.41, 5.74) is 7.84. The number of carbonyl (C=O) groups is 2. The lowest BCUT2D eigenvalue weighted by molar-refractivity contribution is -0.830. The van der Waals surface area contributed by atoms with Crippen LogP contribution in [0.1, 0.15) is 28.0 Å². The van der Waals surface area contributed by atoms with Crippen molar-refractivity contribution < 1.29 is 24.6 Å². The van der Waals surface area contributed by atoms with Gasteiger partial charge in [0.05, 0.1) is 17.7 Å². The van der Waals surface area contributed by atoms with Gasteiger partial charge in [-0.05, 0) is 37.4 Å². The molecular formula is C24H28N5O4S+. The maximum atomic E-state index is 12.6. The van der Waals surface area contributed by atoms with Crippen LogP contribution in [-0.2, 0) is 16.2 Å². The molecule has 0 radical (unpaired) electrons. The Labute approximate surface area is 202 Å². The highest BCUT2D eigenvalue weighted by Gasteiger charge is 2.15. The van der Waals surface area contributed by atoms with Gasteiger partial charge >= 0.3 is 0 Å². The molecule has 0 saturated carbocycles. The minimum Gasteiger partial charge on any atom is -0.483 e. The number of hydrazone groups is 1. The Morgan fingerprint density at radius 3 is 2.82 bits per heavy atom. The Balaban J connectivity index is 1.69. The second-order valence-corrected chi connectivity index (χ2v) is 8.18. The smallest absolute Gasteiger partial charge is 0.251 e. The Morgan fingerprint density at radius 1 is 1.24 bits per heavy atom. The number of aromatic nitrogens is 1. The van der Waals surface area contributed by atoms with Crippen molar-refractivity contribution in [3.8, 4) is 5.75 Å². The van der Waals surface area contributed by atoms with Crippen molar-refractivity contribution >= 4 is 45.7 Å². The number of carbonyl (C=O) groups excluding carboxylic acids is 2. The number of fused-ring (bicyclic) bond motifs is 1. The van der Waals surface area contributed by atoms with Crippen molar-refractivity contribution in [2.24, 2.45) is 5.10 Å². The van der Waals surface area contributed by atoms with Gasteiger partial charge in [0.25, 0.3) is 5.91 Å². The monoisotopic (exact) mass is 482 g/mol. The number of nitrogens with one attached hydrogen (secondary N) is 2. The van der Waals surface area contributed by atoms with Gasteiger partial charge in [-0.25, -0.2) is 10.3 Å². The summed E-state index contributed by atoms with van der Waals surface area (Å²) in [5.74, 6) is 0.380. The van der Waals surface area contributed by atoms with E-state index in [2.05, 4.69) is 20.8 Å². The van der Waals surface area contributed by atoms with E-state index in [1.54, 1.807) is 30.8 Å². The number of nitrogens with zero attached hydrogens (tertiary/aromatic N) is 2. The summed E-state index contributed by atoms with van der Waals surface area (Å²) in [4.78, 5) is 32.8. The van der Waals surface area contributed by atoms with Crippen LogP contribution >= 0.6 is 11.8 Å². The number of hydrogen-bond donors (Lipinski definition) is 3. The molecule has 178 valence electrons. The standard InChI is InChI=1S/C24H27N5O4S/c1-16-12-18(19-6-4-5-7-20(19)27-16)14-33-22-9-8-17(13-21(22)29-32-2)24(31)25-11-10-23(34-3)28-26-15-30/h4-9,12-13,15,29H,10-11,14H2,1-3H3,(H,25,31)(H,26,30)/p+1/b28-23-. The molecule has 2 amide bonds. The molecule has 0 spiro atoms. The van der Waals surface area contributed by atoms with Crippen molar-refractivity contribution in [1.29, 1.82) is 0 Å². The van der Waals surface area contributed by atoms with Crippen LogP contribution in [0.15, 0.2) is 53.6 Å². The molecule has 1 heterocycles. The zero-order valence-corrected chi connectivity index (χ0v) is 20.1. The minimum atomic E-state index is -0.225. The third-order valence-electron chi connectivity index (χ3n) is 4.93. The Hall–Kier alpha value is -3.47. The molecular weight excluding hydrogens is 454 g/mol. The number of benzene rings is 2.